The number of hydrogen-bond donors (Lipinski definition) is 0. The fraction of sp³-hybridized carbons (Fsp3) is 0.929. The van der Waals surface area contributed by atoms with Crippen LogP contribution in [0.25, 0.3) is 0 Å². The Morgan fingerprint density at radius 3 is 1.50 bits per heavy atom. The molecule has 0 bridgehead atoms. The summed E-state index contributed by atoms with van der Waals surface area (Å²) in [6, 6.07) is 0. The summed E-state index contributed by atoms with van der Waals surface area (Å²) < 4.78 is 0.482. The van der Waals surface area contributed by atoms with Gasteiger partial charge in [-0.1, -0.05) is 13.3 Å². The first-order chi connectivity index (χ1) is 7.77. The van der Waals surface area contributed by atoms with E-state index in [2.05, 4.69) is 6.92 Å². The normalized spacial score (nSPS) is 10.7. The van der Waals surface area contributed by atoms with Crippen LogP contribution >= 0.6 is 0 Å². The van der Waals surface area contributed by atoms with Crippen LogP contribution in [0.5, 0.6) is 0 Å². The minimum atomic E-state index is 0.482. The zero-order valence-corrected chi connectivity index (χ0v) is 13.4. The molecule has 0 aliphatic rings. The van der Waals surface area contributed by atoms with Gasteiger partial charge in [-0.2, -0.15) is 0 Å². The van der Waals surface area contributed by atoms with Gasteiger partial charge in [0.2, 0.25) is 0 Å². The van der Waals surface area contributed by atoms with Crippen LogP contribution in [-0.4, -0.2) is 31.0 Å². The molecule has 0 aliphatic carbocycles. The molecule has 0 saturated carbocycles. The Hall–Kier alpha value is 0.670. The number of carbonyl (C=O) groups is 1. The van der Waals surface area contributed by atoms with Crippen molar-refractivity contribution in [1.82, 2.24) is 0 Å². The Bertz CT molecular complexity index is 157. The van der Waals surface area contributed by atoms with Crippen molar-refractivity contribution >= 4 is 31.0 Å². The summed E-state index contributed by atoms with van der Waals surface area (Å²) in [6.45, 7) is 2.27. The van der Waals surface area contributed by atoms with Gasteiger partial charge in [0.15, 0.2) is 0 Å². The summed E-state index contributed by atoms with van der Waals surface area (Å²) in [4.78, 5) is 10.8. The van der Waals surface area contributed by atoms with Gasteiger partial charge in [-0.3, -0.25) is 0 Å². The van der Waals surface area contributed by atoms with Crippen LogP contribution in [0.4, 0.5) is 0 Å². The van der Waals surface area contributed by atoms with Crippen molar-refractivity contribution in [2.24, 2.45) is 0 Å². The molecule has 0 aliphatic heterocycles. The maximum atomic E-state index is 10.8. The first-order valence-corrected chi connectivity index (χ1v) is 8.26. The number of rotatable bonds is 12. The second-order valence-corrected chi connectivity index (χ2v) is 6.10. The van der Waals surface area contributed by atoms with Crippen LogP contribution in [-0.2, 0) is 4.79 Å². The van der Waals surface area contributed by atoms with Crippen LogP contribution in [0.1, 0.15) is 84.0 Å². The van der Waals surface area contributed by atoms with Gasteiger partial charge in [-0.15, -0.1) is 0 Å². The number of carbonyl (C=O) groups excluding carboxylic acids is 1. The molecule has 0 unspecified atom stereocenters. The Morgan fingerprint density at radius 1 is 0.750 bits per heavy atom. The van der Waals surface area contributed by atoms with E-state index in [-0.39, 0.29) is 0 Å². The molecule has 0 radical (unpaired) electrons. The van der Waals surface area contributed by atoms with E-state index in [1.54, 1.807) is 0 Å². The Balaban J connectivity index is 2.90. The van der Waals surface area contributed by atoms with Crippen LogP contribution in [0, 0.1) is 0 Å². The molecule has 0 aromatic heterocycles. The zero-order chi connectivity index (χ0) is 12.1. The van der Waals surface area contributed by atoms with E-state index >= 15 is 0 Å². The summed E-state index contributed by atoms with van der Waals surface area (Å²) in [7, 11) is 0. The van der Waals surface area contributed by atoms with Crippen molar-refractivity contribution in [2.75, 3.05) is 0 Å². The molecule has 0 aromatic rings. The van der Waals surface area contributed by atoms with E-state index in [0.717, 1.165) is 40.8 Å². The van der Waals surface area contributed by atoms with Crippen LogP contribution in [0.2, 0.25) is 0 Å². The molecule has 1 nitrogen and oxygen atoms in total. The average molecular weight is 234 g/mol. The second kappa shape index (κ2) is 13.7. The third-order valence-electron chi connectivity index (χ3n) is 3.13. The molecule has 0 spiro atoms. The quantitative estimate of drug-likeness (QED) is 0.362. The maximum absolute atomic E-state index is 10.8. The van der Waals surface area contributed by atoms with Gasteiger partial charge < -0.3 is 0 Å². The summed E-state index contributed by atoms with van der Waals surface area (Å²) in [6.07, 6.45) is 15.8. The fourth-order valence-corrected chi connectivity index (χ4v) is 2.39. The molecular formula is C14H27NaO. The van der Waals surface area contributed by atoms with Crippen molar-refractivity contribution in [2.45, 2.75) is 84.0 Å². The van der Waals surface area contributed by atoms with Gasteiger partial charge in [0.05, 0.1) is 0 Å². The monoisotopic (exact) mass is 234 g/mol. The van der Waals surface area contributed by atoms with E-state index in [1.807, 2.05) is 0 Å². The average Bonchev–Trinajstić information content (AvgIpc) is 2.25. The third kappa shape index (κ3) is 14.7. The molecule has 0 amide bonds. The Kier molecular flexibility index (Phi) is 14.3. The van der Waals surface area contributed by atoms with Crippen molar-refractivity contribution in [1.29, 1.82) is 0 Å². The third-order valence-corrected chi connectivity index (χ3v) is 3.63. The zero-order valence-electron chi connectivity index (χ0n) is 11.4. The van der Waals surface area contributed by atoms with Gasteiger partial charge in [-0.05, 0) is 0 Å². The molecule has 0 saturated heterocycles. The SMILES string of the molecule is CCCCCCCCCCCCC[C](=O)[Na]. The van der Waals surface area contributed by atoms with Crippen LogP contribution < -0.4 is 0 Å². The van der Waals surface area contributed by atoms with E-state index in [1.165, 1.54) is 64.2 Å². The molecule has 0 rings (SSSR count). The van der Waals surface area contributed by atoms with Gasteiger partial charge in [0, 0.05) is 0 Å². The van der Waals surface area contributed by atoms with E-state index in [4.69, 9.17) is 0 Å². The standard InChI is InChI=1S/C14H27O.Na/c1-2-3-4-5-6-7-8-9-10-11-12-13-14-15;/h2-13H2,1H3;. The van der Waals surface area contributed by atoms with Gasteiger partial charge in [0.1, 0.15) is 0 Å². The summed E-state index contributed by atoms with van der Waals surface area (Å²) >= 11 is 0.751. The van der Waals surface area contributed by atoms with E-state index in [9.17, 15) is 4.79 Å². The summed E-state index contributed by atoms with van der Waals surface area (Å²) in [5, 5.41) is 0. The summed E-state index contributed by atoms with van der Waals surface area (Å²) in [5.74, 6) is 0. The molecule has 0 heterocycles. The fourth-order valence-electron chi connectivity index (χ4n) is 2.04. The predicted molar refractivity (Wildman–Crippen MR) is 71.8 cm³/mol. The predicted octanol–water partition coefficient (Wildman–Crippen LogP) is 4.38. The molecule has 0 fully saturated rings. The molecule has 90 valence electrons. The first-order valence-electron chi connectivity index (χ1n) is 7.26. The van der Waals surface area contributed by atoms with Crippen molar-refractivity contribution in [3.8, 4) is 0 Å². The van der Waals surface area contributed by atoms with Gasteiger partial charge >= 0.3 is 106 Å². The topological polar surface area (TPSA) is 17.1 Å². The molecule has 0 atom stereocenters. The van der Waals surface area contributed by atoms with Crippen molar-refractivity contribution in [3.05, 3.63) is 0 Å². The number of hydrogen-bond acceptors (Lipinski definition) is 1. The molecular weight excluding hydrogens is 207 g/mol. The number of unbranched alkanes of at least 4 members (excludes halogenated alkanes) is 10. The van der Waals surface area contributed by atoms with Crippen LogP contribution in [0.15, 0.2) is 0 Å². The molecule has 0 N–H and O–H groups in total. The van der Waals surface area contributed by atoms with E-state index < -0.39 is 0 Å². The van der Waals surface area contributed by atoms with Crippen molar-refractivity contribution < 1.29 is 4.79 Å². The second-order valence-electron chi connectivity index (χ2n) is 4.99. The first kappa shape index (κ1) is 16.7. The van der Waals surface area contributed by atoms with Gasteiger partial charge in [0.25, 0.3) is 0 Å². The van der Waals surface area contributed by atoms with E-state index in [0.29, 0.717) is 3.03 Å². The molecule has 0 aromatic carbocycles. The van der Waals surface area contributed by atoms with Crippen molar-refractivity contribution in [3.63, 3.8) is 0 Å². The van der Waals surface area contributed by atoms with Crippen LogP contribution in [0.3, 0.4) is 0 Å². The van der Waals surface area contributed by atoms with Gasteiger partial charge in [-0.25, -0.2) is 0 Å². The Labute approximate surface area is 119 Å². The molecule has 16 heavy (non-hydrogen) atoms. The molecule has 2 heteroatoms. The minimum absolute atomic E-state index is 0.482. The Morgan fingerprint density at radius 2 is 1.12 bits per heavy atom. The summed E-state index contributed by atoms with van der Waals surface area (Å²) in [5.41, 5.74) is 0.